The molecule has 0 spiro atoms. The largest absolute Gasteiger partial charge is 0.334 e. The number of carbonyl (C=O) groups is 1. The summed E-state index contributed by atoms with van der Waals surface area (Å²) < 4.78 is 3.94. The van der Waals surface area contributed by atoms with Crippen molar-refractivity contribution < 1.29 is 4.79 Å². The summed E-state index contributed by atoms with van der Waals surface area (Å²) in [6, 6.07) is 21.6. The molecule has 0 aliphatic rings. The number of hydrogen-bond acceptors (Lipinski definition) is 2. The smallest absolute Gasteiger partial charge is 0.319 e. The van der Waals surface area contributed by atoms with Gasteiger partial charge in [-0.3, -0.25) is 0 Å². The maximum absolute atomic E-state index is 12.6. The number of hydrogen-bond donors (Lipinski definition) is 2. The van der Waals surface area contributed by atoms with Crippen LogP contribution in [-0.4, -0.2) is 20.4 Å². The highest BCUT2D eigenvalue weighted by atomic mass is 16.2. The molecule has 2 heterocycles. The van der Waals surface area contributed by atoms with Crippen molar-refractivity contribution in [2.75, 3.05) is 5.32 Å². The molecule has 0 aliphatic heterocycles. The van der Waals surface area contributed by atoms with Crippen LogP contribution >= 0.6 is 0 Å². The molecule has 0 saturated carbocycles. The summed E-state index contributed by atoms with van der Waals surface area (Å²) in [5.41, 5.74) is 4.75. The van der Waals surface area contributed by atoms with Crippen LogP contribution in [0.1, 0.15) is 23.7 Å². The van der Waals surface area contributed by atoms with E-state index in [9.17, 15) is 4.79 Å². The lowest BCUT2D eigenvalue weighted by Crippen LogP contribution is -2.29. The Morgan fingerprint density at radius 3 is 2.40 bits per heavy atom. The molecule has 2 N–H and O–H groups in total. The molecule has 0 fully saturated rings. The number of para-hydroxylation sites is 2. The summed E-state index contributed by atoms with van der Waals surface area (Å²) >= 11 is 0. The van der Waals surface area contributed by atoms with Gasteiger partial charge in [-0.05, 0) is 49.2 Å². The molecule has 0 unspecified atom stereocenters. The number of aromatic nitrogens is 3. The number of amides is 2. The lowest BCUT2D eigenvalue weighted by molar-refractivity contribution is 0.251. The first-order valence-electron chi connectivity index (χ1n) is 10.1. The van der Waals surface area contributed by atoms with Crippen LogP contribution in [0.5, 0.6) is 0 Å². The summed E-state index contributed by atoms with van der Waals surface area (Å²) in [5.74, 6) is 0.915. The molecule has 4 rings (SSSR count). The highest BCUT2D eigenvalue weighted by Crippen LogP contribution is 2.23. The third-order valence-corrected chi connectivity index (χ3v) is 5.08. The van der Waals surface area contributed by atoms with E-state index < -0.39 is 0 Å². The van der Waals surface area contributed by atoms with Gasteiger partial charge in [-0.2, -0.15) is 5.10 Å². The second kappa shape index (κ2) is 8.69. The fourth-order valence-corrected chi connectivity index (χ4v) is 3.53. The van der Waals surface area contributed by atoms with Gasteiger partial charge in [0.1, 0.15) is 5.82 Å². The van der Waals surface area contributed by atoms with Crippen molar-refractivity contribution in [1.82, 2.24) is 19.7 Å². The Morgan fingerprint density at radius 1 is 0.967 bits per heavy atom. The molecule has 2 aromatic carbocycles. The summed E-state index contributed by atoms with van der Waals surface area (Å²) in [6.07, 6.45) is 4.82. The van der Waals surface area contributed by atoms with Gasteiger partial charge in [0.05, 0.1) is 17.9 Å². The van der Waals surface area contributed by atoms with Crippen molar-refractivity contribution in [2.45, 2.75) is 26.8 Å². The zero-order valence-corrected chi connectivity index (χ0v) is 17.2. The van der Waals surface area contributed by atoms with E-state index in [-0.39, 0.29) is 6.03 Å². The van der Waals surface area contributed by atoms with E-state index in [0.29, 0.717) is 6.54 Å². The second-order valence-electron chi connectivity index (χ2n) is 7.04. The summed E-state index contributed by atoms with van der Waals surface area (Å²) in [4.78, 5) is 12.6. The van der Waals surface area contributed by atoms with Crippen LogP contribution in [0.4, 0.5) is 10.5 Å². The Labute approximate surface area is 176 Å². The monoisotopic (exact) mass is 399 g/mol. The van der Waals surface area contributed by atoms with Gasteiger partial charge >= 0.3 is 6.03 Å². The Morgan fingerprint density at radius 2 is 1.67 bits per heavy atom. The number of rotatable bonds is 6. The van der Waals surface area contributed by atoms with Gasteiger partial charge in [0.25, 0.3) is 0 Å². The van der Waals surface area contributed by atoms with Crippen LogP contribution in [0.25, 0.3) is 11.5 Å². The van der Waals surface area contributed by atoms with Crippen LogP contribution in [0.3, 0.4) is 0 Å². The summed E-state index contributed by atoms with van der Waals surface area (Å²) in [5, 5.41) is 10.7. The molecule has 2 amide bonds. The number of benzene rings is 2. The molecule has 6 heteroatoms. The van der Waals surface area contributed by atoms with Gasteiger partial charge in [-0.15, -0.1) is 0 Å². The van der Waals surface area contributed by atoms with E-state index in [1.165, 1.54) is 0 Å². The van der Waals surface area contributed by atoms with Crippen LogP contribution in [0.2, 0.25) is 0 Å². The summed E-state index contributed by atoms with van der Waals surface area (Å²) in [7, 11) is 0. The number of anilines is 1. The minimum absolute atomic E-state index is 0.235. The number of nitrogens with zero attached hydrogens (tertiary/aromatic N) is 3. The maximum atomic E-state index is 12.6. The van der Waals surface area contributed by atoms with E-state index in [1.54, 1.807) is 0 Å². The van der Waals surface area contributed by atoms with Crippen molar-refractivity contribution in [2.24, 2.45) is 0 Å². The highest BCUT2D eigenvalue weighted by Gasteiger charge is 2.18. The number of aryl methyl sites for hydroxylation is 2. The third-order valence-electron chi connectivity index (χ3n) is 5.08. The molecule has 0 radical (unpaired) electrons. The van der Waals surface area contributed by atoms with Crippen LogP contribution in [0.15, 0.2) is 79.1 Å². The van der Waals surface area contributed by atoms with Crippen LogP contribution < -0.4 is 10.6 Å². The zero-order chi connectivity index (χ0) is 20.9. The molecular formula is C24H25N5O. The normalized spacial score (nSPS) is 10.7. The minimum Gasteiger partial charge on any atom is -0.334 e. The van der Waals surface area contributed by atoms with Gasteiger partial charge in [-0.1, -0.05) is 43.3 Å². The van der Waals surface area contributed by atoms with E-state index in [1.807, 2.05) is 95.3 Å². The molecule has 6 nitrogen and oxygen atoms in total. The van der Waals surface area contributed by atoms with Crippen molar-refractivity contribution in [1.29, 1.82) is 0 Å². The predicted octanol–water partition coefficient (Wildman–Crippen LogP) is 4.86. The van der Waals surface area contributed by atoms with E-state index in [0.717, 1.165) is 40.4 Å². The predicted molar refractivity (Wildman–Crippen MR) is 119 cm³/mol. The molecule has 152 valence electrons. The molecule has 0 aliphatic carbocycles. The second-order valence-corrected chi connectivity index (χ2v) is 7.04. The Bertz CT molecular complexity index is 1130. The maximum Gasteiger partial charge on any atom is 0.319 e. The minimum atomic E-state index is -0.235. The fraction of sp³-hybridized carbons (Fsp3) is 0.167. The van der Waals surface area contributed by atoms with Crippen molar-refractivity contribution >= 4 is 11.7 Å². The van der Waals surface area contributed by atoms with Gasteiger partial charge in [0, 0.05) is 23.6 Å². The molecule has 0 saturated heterocycles. The first-order valence-corrected chi connectivity index (χ1v) is 10.1. The topological polar surface area (TPSA) is 63.9 Å². The molecular weight excluding hydrogens is 374 g/mol. The Kier molecular flexibility index (Phi) is 5.66. The Hall–Kier alpha value is -3.80. The van der Waals surface area contributed by atoms with E-state index in [2.05, 4.69) is 17.6 Å². The quantitative estimate of drug-likeness (QED) is 0.487. The third kappa shape index (κ3) is 3.98. The highest BCUT2D eigenvalue weighted by molar-refractivity contribution is 5.90. The number of urea groups is 1. The number of carbonyl (C=O) groups excluding carboxylic acids is 1. The zero-order valence-electron chi connectivity index (χ0n) is 17.2. The average Bonchev–Trinajstić information content (AvgIpc) is 3.41. The standard InChI is InChI=1S/C24H25N5O/c1-3-19-11-7-8-14-22(19)26-24(30)25-17-21-18(2)27-29(20-12-5-4-6-13-20)23(21)28-15-9-10-16-28/h4-16H,3,17H2,1-2H3,(H2,25,26,30). The first-order chi connectivity index (χ1) is 14.7. The van der Waals surface area contributed by atoms with Gasteiger partial charge in [0.2, 0.25) is 0 Å². The molecule has 2 aromatic heterocycles. The van der Waals surface area contributed by atoms with Gasteiger partial charge < -0.3 is 15.2 Å². The lowest BCUT2D eigenvalue weighted by atomic mass is 10.1. The molecule has 0 atom stereocenters. The first kappa shape index (κ1) is 19.5. The number of nitrogens with one attached hydrogen (secondary N) is 2. The average molecular weight is 399 g/mol. The van der Waals surface area contributed by atoms with Crippen LogP contribution in [-0.2, 0) is 13.0 Å². The van der Waals surface area contributed by atoms with Gasteiger partial charge in [0.15, 0.2) is 0 Å². The molecule has 0 bridgehead atoms. The van der Waals surface area contributed by atoms with Crippen molar-refractivity contribution in [3.63, 3.8) is 0 Å². The summed E-state index contributed by atoms with van der Waals surface area (Å²) in [6.45, 7) is 4.41. The van der Waals surface area contributed by atoms with E-state index in [4.69, 9.17) is 5.10 Å². The lowest BCUT2D eigenvalue weighted by Gasteiger charge is -2.13. The molecule has 4 aromatic rings. The fourth-order valence-electron chi connectivity index (χ4n) is 3.53. The van der Waals surface area contributed by atoms with Gasteiger partial charge in [-0.25, -0.2) is 9.48 Å². The SMILES string of the molecule is CCc1ccccc1NC(=O)NCc1c(C)nn(-c2ccccc2)c1-n1cccc1. The van der Waals surface area contributed by atoms with E-state index >= 15 is 0 Å². The van der Waals surface area contributed by atoms with Crippen molar-refractivity contribution in [3.05, 3.63) is 95.9 Å². The molecule has 30 heavy (non-hydrogen) atoms. The van der Waals surface area contributed by atoms with Crippen LogP contribution in [0, 0.1) is 6.92 Å². The van der Waals surface area contributed by atoms with Crippen molar-refractivity contribution in [3.8, 4) is 11.5 Å². The Balaban J connectivity index is 1.60.